The van der Waals surface area contributed by atoms with Crippen LogP contribution < -0.4 is 10.1 Å². The van der Waals surface area contributed by atoms with Crippen LogP contribution in [0, 0.1) is 12.3 Å². The predicted molar refractivity (Wildman–Crippen MR) is 73.5 cm³/mol. The molecule has 19 heavy (non-hydrogen) atoms. The smallest absolute Gasteiger partial charge is 0.311 e. The fraction of sp³-hybridized carbons (Fsp3) is 0.533. The summed E-state index contributed by atoms with van der Waals surface area (Å²) in [4.78, 5) is 11.7. The number of carboxylic acids is 1. The second-order valence-electron chi connectivity index (χ2n) is 5.28. The lowest BCUT2D eigenvalue weighted by Crippen LogP contribution is -2.48. The van der Waals surface area contributed by atoms with Gasteiger partial charge >= 0.3 is 5.97 Å². The van der Waals surface area contributed by atoms with Gasteiger partial charge in [0.05, 0.1) is 18.6 Å². The highest BCUT2D eigenvalue weighted by Crippen LogP contribution is 2.51. The number of nitrogens with one attached hydrogen (secondary N) is 1. The van der Waals surface area contributed by atoms with Crippen LogP contribution in [0.15, 0.2) is 18.2 Å². The summed E-state index contributed by atoms with van der Waals surface area (Å²) in [5, 5.41) is 12.8. The molecule has 0 aliphatic heterocycles. The van der Waals surface area contributed by atoms with E-state index in [1.54, 1.807) is 7.11 Å². The second kappa shape index (κ2) is 5.21. The number of carboxylic acid groups (broad SMARTS) is 1. The lowest BCUT2D eigenvalue weighted by Gasteiger charge is -2.44. The van der Waals surface area contributed by atoms with E-state index in [0.29, 0.717) is 12.8 Å². The molecular weight excluding hydrogens is 242 g/mol. The molecule has 1 aliphatic carbocycles. The van der Waals surface area contributed by atoms with Gasteiger partial charge in [0.25, 0.3) is 0 Å². The molecule has 1 aromatic carbocycles. The van der Waals surface area contributed by atoms with E-state index in [-0.39, 0.29) is 6.04 Å². The summed E-state index contributed by atoms with van der Waals surface area (Å²) in [6.07, 6.45) is 2.40. The Bertz CT molecular complexity index is 480. The van der Waals surface area contributed by atoms with Crippen molar-refractivity contribution in [1.82, 2.24) is 5.32 Å². The van der Waals surface area contributed by atoms with Crippen LogP contribution in [0.3, 0.4) is 0 Å². The van der Waals surface area contributed by atoms with Crippen LogP contribution in [0.2, 0.25) is 0 Å². The van der Waals surface area contributed by atoms with Crippen LogP contribution >= 0.6 is 0 Å². The van der Waals surface area contributed by atoms with Gasteiger partial charge in [-0.1, -0.05) is 24.1 Å². The Hall–Kier alpha value is -1.55. The number of aliphatic carboxylic acids is 1. The maximum Gasteiger partial charge on any atom is 0.311 e. The second-order valence-corrected chi connectivity index (χ2v) is 5.28. The molecule has 2 rings (SSSR count). The molecule has 4 nitrogen and oxygen atoms in total. The highest BCUT2D eigenvalue weighted by molar-refractivity contribution is 5.77. The molecule has 1 aliphatic rings. The number of rotatable bonds is 5. The summed E-state index contributed by atoms with van der Waals surface area (Å²) in [6, 6.07) is 5.68. The third kappa shape index (κ3) is 2.21. The first-order chi connectivity index (χ1) is 9.05. The van der Waals surface area contributed by atoms with E-state index in [1.807, 2.05) is 32.2 Å². The molecule has 0 radical (unpaired) electrons. The van der Waals surface area contributed by atoms with Crippen molar-refractivity contribution >= 4 is 5.97 Å². The van der Waals surface area contributed by atoms with Crippen molar-refractivity contribution in [1.29, 1.82) is 0 Å². The molecule has 1 saturated carbocycles. The lowest BCUT2D eigenvalue weighted by atomic mass is 9.62. The number of carbonyl (C=O) groups is 1. The molecule has 0 aromatic heterocycles. The predicted octanol–water partition coefficient (Wildman–Crippen LogP) is 2.52. The van der Waals surface area contributed by atoms with E-state index in [2.05, 4.69) is 5.32 Å². The average molecular weight is 263 g/mol. The average Bonchev–Trinajstić information content (AvgIpc) is 2.32. The number of aryl methyl sites for hydroxylation is 1. The first-order valence-electron chi connectivity index (χ1n) is 6.60. The normalized spacial score (nSPS) is 18.5. The quantitative estimate of drug-likeness (QED) is 0.857. The van der Waals surface area contributed by atoms with E-state index in [4.69, 9.17) is 4.74 Å². The zero-order valence-corrected chi connectivity index (χ0v) is 11.7. The van der Waals surface area contributed by atoms with E-state index in [1.165, 1.54) is 0 Å². The fourth-order valence-electron chi connectivity index (χ4n) is 2.99. The van der Waals surface area contributed by atoms with Gasteiger partial charge in [0, 0.05) is 5.56 Å². The Balaban J connectivity index is 2.47. The van der Waals surface area contributed by atoms with Crippen LogP contribution in [-0.2, 0) is 4.79 Å². The molecule has 0 spiro atoms. The minimum atomic E-state index is -0.721. The summed E-state index contributed by atoms with van der Waals surface area (Å²) in [6.45, 7) is 2.00. The van der Waals surface area contributed by atoms with E-state index < -0.39 is 11.4 Å². The minimum absolute atomic E-state index is 0.214. The Morgan fingerprint density at radius 1 is 1.47 bits per heavy atom. The molecular formula is C15H21NO3. The van der Waals surface area contributed by atoms with Crippen molar-refractivity contribution in [2.75, 3.05) is 14.2 Å². The molecule has 4 heteroatoms. The number of hydrogen-bond acceptors (Lipinski definition) is 3. The molecule has 1 atom stereocenters. The lowest BCUT2D eigenvalue weighted by molar-refractivity contribution is -0.157. The molecule has 1 aromatic rings. The van der Waals surface area contributed by atoms with Crippen molar-refractivity contribution in [3.05, 3.63) is 29.3 Å². The van der Waals surface area contributed by atoms with Crippen LogP contribution in [0.4, 0.5) is 0 Å². The standard InChI is InChI=1S/C15H21NO3/c1-10-5-6-12(19-3)11(9-10)13(16-2)15(14(17)18)7-4-8-15/h5-6,9,13,16H,4,7-8H2,1-3H3,(H,17,18). The summed E-state index contributed by atoms with van der Waals surface area (Å²) in [7, 11) is 3.44. The van der Waals surface area contributed by atoms with Gasteiger partial charge in [-0.25, -0.2) is 0 Å². The first-order valence-corrected chi connectivity index (χ1v) is 6.60. The zero-order chi connectivity index (χ0) is 14.0. The Labute approximate surface area is 113 Å². The molecule has 0 heterocycles. The van der Waals surface area contributed by atoms with Gasteiger partial charge in [0.1, 0.15) is 5.75 Å². The molecule has 0 saturated heterocycles. The van der Waals surface area contributed by atoms with Gasteiger partial charge in [-0.3, -0.25) is 4.79 Å². The number of ether oxygens (including phenoxy) is 1. The number of hydrogen-bond donors (Lipinski definition) is 2. The molecule has 0 amide bonds. The summed E-state index contributed by atoms with van der Waals surface area (Å²) >= 11 is 0. The molecule has 104 valence electrons. The molecule has 1 unspecified atom stereocenters. The fourth-order valence-corrected chi connectivity index (χ4v) is 2.99. The van der Waals surface area contributed by atoms with Gasteiger partial charge < -0.3 is 15.2 Å². The van der Waals surface area contributed by atoms with Crippen molar-refractivity contribution in [2.24, 2.45) is 5.41 Å². The Morgan fingerprint density at radius 3 is 2.58 bits per heavy atom. The van der Waals surface area contributed by atoms with Crippen molar-refractivity contribution in [3.8, 4) is 5.75 Å². The summed E-state index contributed by atoms with van der Waals surface area (Å²) in [5.74, 6) is 0.0270. The molecule has 0 bridgehead atoms. The summed E-state index contributed by atoms with van der Waals surface area (Å²) in [5.41, 5.74) is 1.35. The minimum Gasteiger partial charge on any atom is -0.496 e. The zero-order valence-electron chi connectivity index (χ0n) is 11.7. The Morgan fingerprint density at radius 2 is 2.16 bits per heavy atom. The maximum atomic E-state index is 11.7. The highest BCUT2D eigenvalue weighted by Gasteiger charge is 2.51. The highest BCUT2D eigenvalue weighted by atomic mass is 16.5. The van der Waals surface area contributed by atoms with Crippen molar-refractivity contribution < 1.29 is 14.6 Å². The maximum absolute atomic E-state index is 11.7. The van der Waals surface area contributed by atoms with Crippen LogP contribution in [0.1, 0.15) is 36.4 Å². The third-order valence-corrected chi connectivity index (χ3v) is 4.21. The third-order valence-electron chi connectivity index (χ3n) is 4.21. The first kappa shape index (κ1) is 13.9. The SMILES string of the molecule is CNC(c1cc(C)ccc1OC)C1(C(=O)O)CCC1. The largest absolute Gasteiger partial charge is 0.496 e. The van der Waals surface area contributed by atoms with E-state index in [0.717, 1.165) is 23.3 Å². The van der Waals surface area contributed by atoms with Crippen LogP contribution in [0.25, 0.3) is 0 Å². The van der Waals surface area contributed by atoms with Gasteiger partial charge in [-0.15, -0.1) is 0 Å². The Kier molecular flexibility index (Phi) is 3.80. The van der Waals surface area contributed by atoms with Gasteiger partial charge in [-0.2, -0.15) is 0 Å². The van der Waals surface area contributed by atoms with Gasteiger partial charge in [-0.05, 0) is 32.9 Å². The van der Waals surface area contributed by atoms with E-state index in [9.17, 15) is 9.90 Å². The van der Waals surface area contributed by atoms with Gasteiger partial charge in [0.2, 0.25) is 0 Å². The van der Waals surface area contributed by atoms with Crippen LogP contribution in [-0.4, -0.2) is 25.2 Å². The molecule has 2 N–H and O–H groups in total. The van der Waals surface area contributed by atoms with Crippen molar-refractivity contribution in [3.63, 3.8) is 0 Å². The monoisotopic (exact) mass is 263 g/mol. The summed E-state index contributed by atoms with van der Waals surface area (Å²) < 4.78 is 5.39. The topological polar surface area (TPSA) is 58.6 Å². The van der Waals surface area contributed by atoms with Crippen LogP contribution in [0.5, 0.6) is 5.75 Å². The van der Waals surface area contributed by atoms with E-state index >= 15 is 0 Å². The van der Waals surface area contributed by atoms with Crippen molar-refractivity contribution in [2.45, 2.75) is 32.2 Å². The van der Waals surface area contributed by atoms with Gasteiger partial charge in [0.15, 0.2) is 0 Å². The molecule has 1 fully saturated rings. The number of benzene rings is 1. The number of methoxy groups -OCH3 is 1.